The quantitative estimate of drug-likeness (QED) is 0.307. The van der Waals surface area contributed by atoms with E-state index in [1.807, 2.05) is 25.1 Å². The molecule has 0 amide bonds. The van der Waals surface area contributed by atoms with Crippen LogP contribution in [0.15, 0.2) is 78.9 Å². The molecule has 4 rings (SSSR count). The Hall–Kier alpha value is -2.92. The van der Waals surface area contributed by atoms with Crippen LogP contribution in [0.5, 0.6) is 0 Å². The highest BCUT2D eigenvalue weighted by Crippen LogP contribution is 2.36. The van der Waals surface area contributed by atoms with Crippen LogP contribution in [-0.4, -0.2) is 4.98 Å². The van der Waals surface area contributed by atoms with Crippen LogP contribution in [0.4, 0.5) is 13.2 Å². The largest absolute Gasteiger partial charge is 0.416 e. The number of aromatic nitrogens is 1. The van der Waals surface area contributed by atoms with Gasteiger partial charge in [-0.15, -0.1) is 11.3 Å². The molecule has 0 fully saturated rings. The van der Waals surface area contributed by atoms with Crippen molar-refractivity contribution in [2.45, 2.75) is 32.4 Å². The minimum absolute atomic E-state index is 0.267. The lowest BCUT2D eigenvalue weighted by Crippen LogP contribution is -2.03. The van der Waals surface area contributed by atoms with Gasteiger partial charge in [-0.05, 0) is 48.1 Å². The Labute approximate surface area is 184 Å². The van der Waals surface area contributed by atoms with Crippen molar-refractivity contribution in [1.82, 2.24) is 4.98 Å². The molecule has 1 aromatic heterocycles. The summed E-state index contributed by atoms with van der Waals surface area (Å²) < 4.78 is 38.4. The molecule has 158 valence electrons. The number of hydrogen-bond acceptors (Lipinski definition) is 2. The van der Waals surface area contributed by atoms with Crippen molar-refractivity contribution in [1.29, 1.82) is 0 Å². The van der Waals surface area contributed by atoms with Crippen molar-refractivity contribution >= 4 is 11.3 Å². The molecule has 1 unspecified atom stereocenters. The van der Waals surface area contributed by atoms with Gasteiger partial charge in [0.25, 0.3) is 0 Å². The molecule has 0 radical (unpaired) electrons. The first-order chi connectivity index (χ1) is 14.8. The van der Waals surface area contributed by atoms with Crippen LogP contribution in [0.3, 0.4) is 0 Å². The molecule has 5 heteroatoms. The highest BCUT2D eigenvalue weighted by molar-refractivity contribution is 7.15. The number of halogens is 3. The van der Waals surface area contributed by atoms with Gasteiger partial charge in [0, 0.05) is 10.4 Å². The van der Waals surface area contributed by atoms with E-state index in [1.165, 1.54) is 33.7 Å². The van der Waals surface area contributed by atoms with E-state index in [9.17, 15) is 13.2 Å². The lowest BCUT2D eigenvalue weighted by Gasteiger charge is -2.11. The van der Waals surface area contributed by atoms with E-state index in [4.69, 9.17) is 0 Å². The first-order valence-corrected chi connectivity index (χ1v) is 10.9. The summed E-state index contributed by atoms with van der Waals surface area (Å²) in [6.07, 6.45) is -3.45. The van der Waals surface area contributed by atoms with Crippen molar-refractivity contribution in [3.63, 3.8) is 0 Å². The summed E-state index contributed by atoms with van der Waals surface area (Å²) in [5.41, 5.74) is 4.64. The standard InChI is InChI=1S/C26H22F3NS/c1-17(16-19-8-10-21(11-9-19)20-6-4-3-5-7-20)24-18(2)30-25(31-24)22-12-14-23(15-13-22)26(27,28)29/h3-15,17H,16H2,1-2H3. The van der Waals surface area contributed by atoms with Crippen molar-refractivity contribution in [2.75, 3.05) is 0 Å². The Balaban J connectivity index is 1.49. The average Bonchev–Trinajstić information content (AvgIpc) is 3.16. The Morgan fingerprint density at radius 1 is 0.806 bits per heavy atom. The first kappa shape index (κ1) is 21.3. The number of rotatable bonds is 5. The summed E-state index contributed by atoms with van der Waals surface area (Å²) >= 11 is 1.56. The van der Waals surface area contributed by atoms with Crippen LogP contribution in [-0.2, 0) is 12.6 Å². The van der Waals surface area contributed by atoms with Gasteiger partial charge in [0.1, 0.15) is 5.01 Å². The fraction of sp³-hybridized carbons (Fsp3) is 0.192. The second-order valence-electron chi connectivity index (χ2n) is 7.71. The minimum atomic E-state index is -4.33. The molecule has 1 heterocycles. The zero-order chi connectivity index (χ0) is 22.0. The molecule has 0 saturated heterocycles. The monoisotopic (exact) mass is 437 g/mol. The summed E-state index contributed by atoms with van der Waals surface area (Å²) in [5, 5.41) is 0.757. The van der Waals surface area contributed by atoms with Gasteiger partial charge in [0.15, 0.2) is 0 Å². The Bertz CT molecular complexity index is 1140. The topological polar surface area (TPSA) is 12.9 Å². The number of nitrogens with zero attached hydrogens (tertiary/aromatic N) is 1. The minimum Gasteiger partial charge on any atom is -0.241 e. The summed E-state index contributed by atoms with van der Waals surface area (Å²) in [6, 6.07) is 24.1. The van der Waals surface area contributed by atoms with Crippen LogP contribution in [0.2, 0.25) is 0 Å². The maximum Gasteiger partial charge on any atom is 0.416 e. The second kappa shape index (κ2) is 8.67. The van der Waals surface area contributed by atoms with Crippen molar-refractivity contribution in [3.8, 4) is 21.7 Å². The number of benzene rings is 3. The highest BCUT2D eigenvalue weighted by Gasteiger charge is 2.30. The number of alkyl halides is 3. The zero-order valence-electron chi connectivity index (χ0n) is 17.3. The van der Waals surface area contributed by atoms with Crippen LogP contribution in [0.25, 0.3) is 21.7 Å². The van der Waals surface area contributed by atoms with Crippen LogP contribution in [0, 0.1) is 6.92 Å². The Morgan fingerprint density at radius 3 is 2.00 bits per heavy atom. The predicted octanol–water partition coefficient (Wildman–Crippen LogP) is 8.15. The third-order valence-corrected chi connectivity index (χ3v) is 6.78. The lowest BCUT2D eigenvalue weighted by molar-refractivity contribution is -0.137. The smallest absolute Gasteiger partial charge is 0.241 e. The summed E-state index contributed by atoms with van der Waals surface area (Å²) in [5.74, 6) is 0.267. The van der Waals surface area contributed by atoms with E-state index in [2.05, 4.69) is 48.3 Å². The van der Waals surface area contributed by atoms with E-state index >= 15 is 0 Å². The Kier molecular flexibility index (Phi) is 5.96. The number of aryl methyl sites for hydroxylation is 1. The SMILES string of the molecule is Cc1nc(-c2ccc(C(F)(F)F)cc2)sc1C(C)Cc1ccc(-c2ccccc2)cc1. The van der Waals surface area contributed by atoms with Gasteiger partial charge in [-0.2, -0.15) is 13.2 Å². The molecule has 0 saturated carbocycles. The van der Waals surface area contributed by atoms with Gasteiger partial charge < -0.3 is 0 Å². The van der Waals surface area contributed by atoms with E-state index < -0.39 is 11.7 Å². The number of thiazole rings is 1. The van der Waals surface area contributed by atoms with E-state index in [1.54, 1.807) is 11.3 Å². The normalized spacial score (nSPS) is 12.7. The molecule has 0 aliphatic carbocycles. The predicted molar refractivity (Wildman–Crippen MR) is 121 cm³/mol. The van der Waals surface area contributed by atoms with Crippen molar-refractivity contribution in [3.05, 3.63) is 101 Å². The molecule has 4 aromatic rings. The highest BCUT2D eigenvalue weighted by atomic mass is 32.1. The van der Waals surface area contributed by atoms with Crippen LogP contribution < -0.4 is 0 Å². The fourth-order valence-electron chi connectivity index (χ4n) is 3.70. The molecule has 1 nitrogen and oxygen atoms in total. The summed E-state index contributed by atoms with van der Waals surface area (Å²) in [7, 11) is 0. The molecule has 0 bridgehead atoms. The molecule has 0 aliphatic heterocycles. The molecular formula is C26H22F3NS. The van der Waals surface area contributed by atoms with Gasteiger partial charge >= 0.3 is 6.18 Å². The zero-order valence-corrected chi connectivity index (χ0v) is 18.1. The fourth-order valence-corrected chi connectivity index (χ4v) is 4.82. The van der Waals surface area contributed by atoms with Gasteiger partial charge in [-0.25, -0.2) is 4.98 Å². The molecule has 0 N–H and O–H groups in total. The van der Waals surface area contributed by atoms with Gasteiger partial charge in [0.2, 0.25) is 0 Å². The maximum absolute atomic E-state index is 12.8. The van der Waals surface area contributed by atoms with Crippen LogP contribution >= 0.6 is 11.3 Å². The molecule has 31 heavy (non-hydrogen) atoms. The van der Waals surface area contributed by atoms with Gasteiger partial charge in [-0.3, -0.25) is 0 Å². The summed E-state index contributed by atoms with van der Waals surface area (Å²) in [6.45, 7) is 4.14. The van der Waals surface area contributed by atoms with E-state index in [-0.39, 0.29) is 5.92 Å². The first-order valence-electron chi connectivity index (χ1n) is 10.1. The third-order valence-electron chi connectivity index (χ3n) is 5.34. The van der Waals surface area contributed by atoms with Crippen molar-refractivity contribution < 1.29 is 13.2 Å². The molecular weight excluding hydrogens is 415 g/mol. The van der Waals surface area contributed by atoms with E-state index in [0.29, 0.717) is 5.56 Å². The molecule has 1 atom stereocenters. The average molecular weight is 438 g/mol. The van der Waals surface area contributed by atoms with Crippen LogP contribution in [0.1, 0.15) is 34.5 Å². The maximum atomic E-state index is 12.8. The second-order valence-corrected chi connectivity index (χ2v) is 8.74. The summed E-state index contributed by atoms with van der Waals surface area (Å²) in [4.78, 5) is 5.80. The van der Waals surface area contributed by atoms with Gasteiger partial charge in [0.05, 0.1) is 11.3 Å². The number of hydrogen-bond donors (Lipinski definition) is 0. The van der Waals surface area contributed by atoms with E-state index in [0.717, 1.165) is 29.3 Å². The van der Waals surface area contributed by atoms with Crippen molar-refractivity contribution in [2.24, 2.45) is 0 Å². The van der Waals surface area contributed by atoms with Gasteiger partial charge in [-0.1, -0.05) is 73.7 Å². The molecule has 3 aromatic carbocycles. The molecule has 0 aliphatic rings. The Morgan fingerprint density at radius 2 is 1.39 bits per heavy atom. The lowest BCUT2D eigenvalue weighted by atomic mass is 9.96. The third kappa shape index (κ3) is 4.88. The molecule has 0 spiro atoms.